The Bertz CT molecular complexity index is 1020. The van der Waals surface area contributed by atoms with Gasteiger partial charge in [-0.25, -0.2) is 26.7 Å². The Morgan fingerprint density at radius 2 is 1.83 bits per heavy atom. The molecule has 0 radical (unpaired) electrons. The molecule has 1 fully saturated rings. The van der Waals surface area contributed by atoms with E-state index in [1.54, 1.807) is 42.5 Å². The van der Waals surface area contributed by atoms with Gasteiger partial charge in [0.2, 0.25) is 10.0 Å². The molecule has 3 atom stereocenters. The van der Waals surface area contributed by atoms with Crippen molar-refractivity contribution in [3.05, 3.63) is 59.9 Å². The number of halogens is 2. The Balaban J connectivity index is 1.99. The molecule has 2 aromatic carbocycles. The number of hydrogen-bond donors (Lipinski definition) is 1. The second-order valence-corrected chi connectivity index (χ2v) is 9.46. The van der Waals surface area contributed by atoms with Gasteiger partial charge in [0.05, 0.1) is 24.9 Å². The van der Waals surface area contributed by atoms with Crippen molar-refractivity contribution >= 4 is 16.1 Å². The van der Waals surface area contributed by atoms with Crippen molar-refractivity contribution in [2.75, 3.05) is 26.9 Å². The predicted molar refractivity (Wildman–Crippen MR) is 112 cm³/mol. The fraction of sp³-hybridized carbons (Fsp3) is 0.381. The number of carbonyl (C=O) groups is 1. The molecule has 2 amide bonds. The minimum absolute atomic E-state index is 0.0281. The van der Waals surface area contributed by atoms with Crippen molar-refractivity contribution in [2.45, 2.75) is 24.7 Å². The van der Waals surface area contributed by atoms with E-state index < -0.39 is 40.1 Å². The lowest BCUT2D eigenvalue weighted by molar-refractivity contribution is 0.161. The van der Waals surface area contributed by atoms with Crippen molar-refractivity contribution in [3.63, 3.8) is 0 Å². The first-order valence-corrected chi connectivity index (χ1v) is 11.4. The summed E-state index contributed by atoms with van der Waals surface area (Å²) < 4.78 is 55.9. The number of carbonyl (C=O) groups excluding carboxylic acids is 1. The van der Waals surface area contributed by atoms with Gasteiger partial charge in [-0.1, -0.05) is 48.5 Å². The van der Waals surface area contributed by atoms with Gasteiger partial charge in [0.25, 0.3) is 0 Å². The van der Waals surface area contributed by atoms with Gasteiger partial charge >= 0.3 is 6.03 Å². The Kier molecular flexibility index (Phi) is 6.42. The number of hydrogen-bond acceptors (Lipinski definition) is 3. The van der Waals surface area contributed by atoms with Crippen molar-refractivity contribution in [1.29, 1.82) is 0 Å². The number of sulfonamides is 1. The van der Waals surface area contributed by atoms with Crippen molar-refractivity contribution in [1.82, 2.24) is 14.5 Å². The molecule has 162 valence electrons. The van der Waals surface area contributed by atoms with Crippen LogP contribution in [0.2, 0.25) is 0 Å². The van der Waals surface area contributed by atoms with Crippen molar-refractivity contribution in [2.24, 2.45) is 0 Å². The molecule has 2 aromatic rings. The monoisotopic (exact) mass is 437 g/mol. The minimum Gasteiger partial charge on any atom is -0.331 e. The van der Waals surface area contributed by atoms with Gasteiger partial charge in [0.1, 0.15) is 12.0 Å². The minimum atomic E-state index is -3.73. The molecule has 9 heteroatoms. The molecule has 1 N–H and O–H groups in total. The Morgan fingerprint density at radius 1 is 1.17 bits per heavy atom. The lowest BCUT2D eigenvalue weighted by atomic mass is 9.96. The largest absolute Gasteiger partial charge is 0.331 e. The summed E-state index contributed by atoms with van der Waals surface area (Å²) in [4.78, 5) is 15.1. The van der Waals surface area contributed by atoms with Crippen LogP contribution in [0.1, 0.15) is 5.56 Å². The third-order valence-electron chi connectivity index (χ3n) is 5.15. The Labute approximate surface area is 175 Å². The van der Waals surface area contributed by atoms with E-state index in [1.807, 2.05) is 6.07 Å². The molecule has 6 nitrogen and oxygen atoms in total. The number of alkyl halides is 1. The Morgan fingerprint density at radius 3 is 2.43 bits per heavy atom. The Hall–Kier alpha value is -2.52. The van der Waals surface area contributed by atoms with Crippen LogP contribution < -0.4 is 4.72 Å². The first-order valence-electron chi connectivity index (χ1n) is 9.50. The fourth-order valence-electron chi connectivity index (χ4n) is 3.79. The van der Waals surface area contributed by atoms with Crippen LogP contribution in [0, 0.1) is 5.82 Å². The van der Waals surface area contributed by atoms with E-state index in [0.717, 1.165) is 6.26 Å². The van der Waals surface area contributed by atoms with Crippen LogP contribution in [0.15, 0.2) is 48.5 Å². The van der Waals surface area contributed by atoms with E-state index in [9.17, 15) is 17.6 Å². The quantitative estimate of drug-likeness (QED) is 0.782. The molecule has 0 unspecified atom stereocenters. The van der Waals surface area contributed by atoms with E-state index in [1.165, 1.54) is 23.9 Å². The van der Waals surface area contributed by atoms with Gasteiger partial charge in [-0.2, -0.15) is 0 Å². The number of benzene rings is 2. The van der Waals surface area contributed by atoms with E-state index >= 15 is 4.39 Å². The summed E-state index contributed by atoms with van der Waals surface area (Å²) in [7, 11) is -0.675. The summed E-state index contributed by atoms with van der Waals surface area (Å²) in [5, 5.41) is 0. The van der Waals surface area contributed by atoms with Crippen LogP contribution in [0.3, 0.4) is 0 Å². The maximum absolute atomic E-state index is 15.3. The van der Waals surface area contributed by atoms with Gasteiger partial charge in [0.15, 0.2) is 0 Å². The number of rotatable bonds is 5. The molecule has 0 aromatic heterocycles. The molecule has 0 spiro atoms. The number of nitrogens with one attached hydrogen (secondary N) is 1. The van der Waals surface area contributed by atoms with Crippen LogP contribution in [-0.4, -0.2) is 69.4 Å². The van der Waals surface area contributed by atoms with Crippen molar-refractivity contribution in [3.8, 4) is 11.1 Å². The summed E-state index contributed by atoms with van der Waals surface area (Å²) in [5.41, 5.74) is 1.37. The average Bonchev–Trinajstić information content (AvgIpc) is 2.97. The maximum atomic E-state index is 15.3. The summed E-state index contributed by atoms with van der Waals surface area (Å²) in [6.07, 6.45) is -0.697. The summed E-state index contributed by atoms with van der Waals surface area (Å²) in [5.74, 6) is -0.471. The maximum Gasteiger partial charge on any atom is 0.319 e. The topological polar surface area (TPSA) is 69.7 Å². The highest BCUT2D eigenvalue weighted by Crippen LogP contribution is 2.30. The second kappa shape index (κ2) is 8.69. The van der Waals surface area contributed by atoms with Gasteiger partial charge in [-0.15, -0.1) is 0 Å². The van der Waals surface area contributed by atoms with Crippen LogP contribution in [0.4, 0.5) is 13.6 Å². The molecule has 3 rings (SSSR count). The smallest absolute Gasteiger partial charge is 0.319 e. The molecular formula is C21H25F2N3O3S. The van der Waals surface area contributed by atoms with Gasteiger partial charge in [0, 0.05) is 19.7 Å². The summed E-state index contributed by atoms with van der Waals surface area (Å²) >= 11 is 0. The standard InChI is InChI=1S/C21H25F2N3O3S/c1-25(2)21(27)26-13-17(22)20(24-30(3,28)29)18(26)12-15-10-7-11-16(19(15)23)14-8-5-4-6-9-14/h4-11,17-18,20,24H,12-13H2,1-3H3/t17-,18-,20-/m0/s1. The fourth-order valence-corrected chi connectivity index (χ4v) is 4.59. The third-order valence-corrected chi connectivity index (χ3v) is 5.85. The molecule has 1 aliphatic heterocycles. The van der Waals surface area contributed by atoms with E-state index in [4.69, 9.17) is 0 Å². The van der Waals surface area contributed by atoms with E-state index in [2.05, 4.69) is 4.72 Å². The zero-order chi connectivity index (χ0) is 22.1. The molecule has 30 heavy (non-hydrogen) atoms. The summed E-state index contributed by atoms with van der Waals surface area (Å²) in [6, 6.07) is 11.4. The van der Waals surface area contributed by atoms with Crippen LogP contribution in [0.5, 0.6) is 0 Å². The first-order chi connectivity index (χ1) is 14.1. The highest BCUT2D eigenvalue weighted by atomic mass is 32.2. The average molecular weight is 438 g/mol. The van der Waals surface area contributed by atoms with Gasteiger partial charge in [-0.05, 0) is 17.5 Å². The van der Waals surface area contributed by atoms with Crippen molar-refractivity contribution < 1.29 is 22.0 Å². The molecule has 1 heterocycles. The van der Waals surface area contributed by atoms with Crippen LogP contribution in [0.25, 0.3) is 11.1 Å². The number of urea groups is 1. The summed E-state index contributed by atoms with van der Waals surface area (Å²) in [6.45, 7) is -0.269. The van der Waals surface area contributed by atoms with E-state index in [0.29, 0.717) is 11.1 Å². The highest BCUT2D eigenvalue weighted by molar-refractivity contribution is 7.88. The lowest BCUT2D eigenvalue weighted by Gasteiger charge is -2.30. The van der Waals surface area contributed by atoms with Gasteiger partial charge in [-0.3, -0.25) is 0 Å². The number of amides is 2. The van der Waals surface area contributed by atoms with Crippen LogP contribution >= 0.6 is 0 Å². The lowest BCUT2D eigenvalue weighted by Crippen LogP contribution is -2.51. The molecule has 1 saturated heterocycles. The zero-order valence-corrected chi connectivity index (χ0v) is 17.9. The van der Waals surface area contributed by atoms with Gasteiger partial charge < -0.3 is 9.80 Å². The van der Waals surface area contributed by atoms with E-state index in [-0.39, 0.29) is 18.5 Å². The first kappa shape index (κ1) is 22.2. The number of nitrogens with zero attached hydrogens (tertiary/aromatic N) is 2. The molecule has 0 bridgehead atoms. The number of likely N-dealkylation sites (tertiary alicyclic amines) is 1. The van der Waals surface area contributed by atoms with Crippen LogP contribution in [-0.2, 0) is 16.4 Å². The predicted octanol–water partition coefficient (Wildman–Crippen LogP) is 2.66. The molecule has 0 saturated carbocycles. The normalized spacial score (nSPS) is 21.6. The highest BCUT2D eigenvalue weighted by Gasteiger charge is 2.46. The second-order valence-electron chi connectivity index (χ2n) is 7.68. The molecule has 0 aliphatic carbocycles. The SMILES string of the molecule is CN(C)C(=O)N1C[C@H](F)[C@H](NS(C)(=O)=O)[C@@H]1Cc1cccc(-c2ccccc2)c1F. The third kappa shape index (κ3) is 4.79. The zero-order valence-electron chi connectivity index (χ0n) is 17.0. The molecular weight excluding hydrogens is 412 g/mol. The molecule has 1 aliphatic rings.